The first-order valence-electron chi connectivity index (χ1n) is 7.96. The number of aliphatic carboxylic acids is 1. The maximum Gasteiger partial charge on any atom is 0.323 e. The molecule has 2 N–H and O–H groups in total. The van der Waals surface area contributed by atoms with E-state index in [-0.39, 0.29) is 12.1 Å². The number of hydrogen-bond donors (Lipinski definition) is 2. The van der Waals surface area contributed by atoms with Crippen LogP contribution in [0.15, 0.2) is 64.8 Å². The van der Waals surface area contributed by atoms with Crippen molar-refractivity contribution in [1.82, 2.24) is 4.57 Å². The molecule has 0 atom stereocenters. The normalized spacial score (nSPS) is 11.2. The number of carbonyl (C=O) groups excluding carboxylic acids is 1. The number of nitrogens with zero attached hydrogens (tertiary/aromatic N) is 2. The second kappa shape index (κ2) is 7.89. The standard InChI is InChI=1S/C20H14BrN3O3/c21-15-4-3-5-16(9-15)23-20(27)13(10-22)8-14-11-24(12-19(25)26)18-7-2-1-6-17(14)18/h1-9,11H,12H2,(H,23,27)(H,25,26)/b13-8+. The van der Waals surface area contributed by atoms with Gasteiger partial charge >= 0.3 is 5.97 Å². The van der Waals surface area contributed by atoms with Crippen LogP contribution in [0.4, 0.5) is 5.69 Å². The van der Waals surface area contributed by atoms with Crippen molar-refractivity contribution in [3.05, 3.63) is 70.3 Å². The number of carbonyl (C=O) groups is 2. The van der Waals surface area contributed by atoms with Crippen molar-refractivity contribution in [2.24, 2.45) is 0 Å². The van der Waals surface area contributed by atoms with E-state index in [2.05, 4.69) is 21.2 Å². The van der Waals surface area contributed by atoms with E-state index >= 15 is 0 Å². The Kier molecular flexibility index (Phi) is 5.38. The predicted molar refractivity (Wildman–Crippen MR) is 106 cm³/mol. The van der Waals surface area contributed by atoms with Crippen LogP contribution in [-0.4, -0.2) is 21.6 Å². The molecule has 0 saturated carbocycles. The zero-order chi connectivity index (χ0) is 19.4. The summed E-state index contributed by atoms with van der Waals surface area (Å²) in [6.07, 6.45) is 3.09. The number of hydrogen-bond acceptors (Lipinski definition) is 3. The first kappa shape index (κ1) is 18.4. The molecule has 2 aromatic carbocycles. The largest absolute Gasteiger partial charge is 0.480 e. The maximum absolute atomic E-state index is 12.5. The molecule has 0 aliphatic heterocycles. The summed E-state index contributed by atoms with van der Waals surface area (Å²) in [7, 11) is 0. The van der Waals surface area contributed by atoms with Crippen molar-refractivity contribution in [2.75, 3.05) is 5.32 Å². The van der Waals surface area contributed by atoms with Crippen LogP contribution in [0.3, 0.4) is 0 Å². The van der Waals surface area contributed by atoms with Gasteiger partial charge in [-0.15, -0.1) is 0 Å². The van der Waals surface area contributed by atoms with Gasteiger partial charge in [0.05, 0.1) is 0 Å². The molecule has 1 amide bonds. The third-order valence-corrected chi connectivity index (χ3v) is 4.37. The molecular weight excluding hydrogens is 410 g/mol. The minimum Gasteiger partial charge on any atom is -0.480 e. The number of nitrogens with one attached hydrogen (secondary N) is 1. The van der Waals surface area contributed by atoms with Gasteiger partial charge in [-0.2, -0.15) is 5.26 Å². The lowest BCUT2D eigenvalue weighted by molar-refractivity contribution is -0.137. The second-order valence-corrected chi connectivity index (χ2v) is 6.67. The summed E-state index contributed by atoms with van der Waals surface area (Å²) in [5.41, 5.74) is 1.81. The molecule has 3 aromatic rings. The van der Waals surface area contributed by atoms with Gasteiger partial charge in [0, 0.05) is 32.8 Å². The Hall–Kier alpha value is -3.37. The number of carboxylic acids is 1. The Balaban J connectivity index is 1.97. The maximum atomic E-state index is 12.5. The Labute approximate surface area is 163 Å². The first-order valence-corrected chi connectivity index (χ1v) is 8.75. The van der Waals surface area contributed by atoms with Crippen LogP contribution in [0.1, 0.15) is 5.56 Å². The van der Waals surface area contributed by atoms with E-state index in [0.717, 1.165) is 15.4 Å². The molecule has 0 aliphatic carbocycles. The number of fused-ring (bicyclic) bond motifs is 1. The highest BCUT2D eigenvalue weighted by molar-refractivity contribution is 9.10. The molecular formula is C20H14BrN3O3. The second-order valence-electron chi connectivity index (χ2n) is 5.76. The first-order chi connectivity index (χ1) is 13.0. The van der Waals surface area contributed by atoms with E-state index in [1.165, 1.54) is 6.08 Å². The Morgan fingerprint density at radius 3 is 2.70 bits per heavy atom. The Morgan fingerprint density at radius 2 is 2.00 bits per heavy atom. The summed E-state index contributed by atoms with van der Waals surface area (Å²) in [6, 6.07) is 16.2. The number of rotatable bonds is 5. The number of anilines is 1. The van der Waals surface area contributed by atoms with Crippen molar-refractivity contribution in [3.63, 3.8) is 0 Å². The molecule has 0 radical (unpaired) electrons. The Morgan fingerprint density at radius 1 is 1.22 bits per heavy atom. The van der Waals surface area contributed by atoms with Crippen LogP contribution in [0.25, 0.3) is 17.0 Å². The van der Waals surface area contributed by atoms with E-state index in [9.17, 15) is 14.9 Å². The van der Waals surface area contributed by atoms with Gasteiger partial charge in [-0.25, -0.2) is 0 Å². The number of carboxylic acid groups (broad SMARTS) is 1. The molecule has 0 spiro atoms. The fourth-order valence-electron chi connectivity index (χ4n) is 2.74. The molecule has 0 aliphatic rings. The summed E-state index contributed by atoms with van der Waals surface area (Å²) >= 11 is 3.33. The summed E-state index contributed by atoms with van der Waals surface area (Å²) < 4.78 is 2.38. The van der Waals surface area contributed by atoms with E-state index in [0.29, 0.717) is 11.3 Å². The molecule has 0 bridgehead atoms. The monoisotopic (exact) mass is 423 g/mol. The van der Waals surface area contributed by atoms with Crippen molar-refractivity contribution < 1.29 is 14.7 Å². The fourth-order valence-corrected chi connectivity index (χ4v) is 3.13. The van der Waals surface area contributed by atoms with Gasteiger partial charge < -0.3 is 15.0 Å². The zero-order valence-corrected chi connectivity index (χ0v) is 15.6. The molecule has 0 saturated heterocycles. The third kappa shape index (κ3) is 4.25. The van der Waals surface area contributed by atoms with Gasteiger partial charge in [0.1, 0.15) is 18.2 Å². The highest BCUT2D eigenvalue weighted by Gasteiger charge is 2.13. The molecule has 1 aromatic heterocycles. The van der Waals surface area contributed by atoms with Crippen molar-refractivity contribution in [1.29, 1.82) is 5.26 Å². The minimum atomic E-state index is -0.973. The fraction of sp³-hybridized carbons (Fsp3) is 0.0500. The smallest absolute Gasteiger partial charge is 0.323 e. The average Bonchev–Trinajstić information content (AvgIpc) is 2.96. The molecule has 6 nitrogen and oxygen atoms in total. The third-order valence-electron chi connectivity index (χ3n) is 3.87. The zero-order valence-electron chi connectivity index (χ0n) is 14.0. The summed E-state index contributed by atoms with van der Waals surface area (Å²) in [4.78, 5) is 23.5. The summed E-state index contributed by atoms with van der Waals surface area (Å²) in [5, 5.41) is 22.0. The van der Waals surface area contributed by atoms with Crippen molar-refractivity contribution in [2.45, 2.75) is 6.54 Å². The van der Waals surface area contributed by atoms with Gasteiger partial charge in [-0.1, -0.05) is 40.2 Å². The number of aromatic nitrogens is 1. The van der Waals surface area contributed by atoms with Gasteiger partial charge in [0.2, 0.25) is 0 Å². The van der Waals surface area contributed by atoms with E-state index < -0.39 is 11.9 Å². The van der Waals surface area contributed by atoms with Crippen LogP contribution < -0.4 is 5.32 Å². The summed E-state index contributed by atoms with van der Waals surface area (Å²) in [6.45, 7) is -0.208. The Bertz CT molecular complexity index is 1110. The number of nitriles is 1. The van der Waals surface area contributed by atoms with E-state index in [4.69, 9.17) is 5.11 Å². The van der Waals surface area contributed by atoms with E-state index in [1.807, 2.05) is 24.3 Å². The van der Waals surface area contributed by atoms with Gasteiger partial charge in [-0.05, 0) is 30.3 Å². The molecule has 0 fully saturated rings. The average molecular weight is 424 g/mol. The molecule has 7 heteroatoms. The predicted octanol–water partition coefficient (Wildman–Crippen LogP) is 4.03. The topological polar surface area (TPSA) is 95.1 Å². The minimum absolute atomic E-state index is 0.0757. The van der Waals surface area contributed by atoms with Gasteiger partial charge in [-0.3, -0.25) is 9.59 Å². The van der Waals surface area contributed by atoms with Crippen molar-refractivity contribution in [3.8, 4) is 6.07 Å². The lowest BCUT2D eigenvalue weighted by atomic mass is 10.1. The summed E-state index contributed by atoms with van der Waals surface area (Å²) in [5.74, 6) is -1.51. The van der Waals surface area contributed by atoms with Crippen molar-refractivity contribution >= 4 is 50.5 Å². The highest BCUT2D eigenvalue weighted by atomic mass is 79.9. The number of benzene rings is 2. The molecule has 0 unspecified atom stereocenters. The molecule has 1 heterocycles. The lowest BCUT2D eigenvalue weighted by Gasteiger charge is -2.04. The van der Waals surface area contributed by atoms with Crippen LogP contribution in [0, 0.1) is 11.3 Å². The number of amides is 1. The highest BCUT2D eigenvalue weighted by Crippen LogP contribution is 2.24. The van der Waals surface area contributed by atoms with Crippen LogP contribution >= 0.6 is 15.9 Å². The molecule has 27 heavy (non-hydrogen) atoms. The lowest BCUT2D eigenvalue weighted by Crippen LogP contribution is -2.13. The number of halogens is 1. The molecule has 3 rings (SSSR count). The van der Waals surface area contributed by atoms with Crippen LogP contribution in [0.2, 0.25) is 0 Å². The van der Waals surface area contributed by atoms with Crippen LogP contribution in [0.5, 0.6) is 0 Å². The quantitative estimate of drug-likeness (QED) is 0.478. The van der Waals surface area contributed by atoms with E-state index in [1.54, 1.807) is 41.1 Å². The van der Waals surface area contributed by atoms with Gasteiger partial charge in [0.25, 0.3) is 5.91 Å². The SMILES string of the molecule is N#C/C(=C\c1cn(CC(=O)O)c2ccccc12)C(=O)Nc1cccc(Br)c1. The van der Waals surface area contributed by atoms with Crippen LogP contribution in [-0.2, 0) is 16.1 Å². The number of para-hydroxylation sites is 1. The molecule has 134 valence electrons. The van der Waals surface area contributed by atoms with Gasteiger partial charge in [0.15, 0.2) is 0 Å².